The Morgan fingerprint density at radius 2 is 2.03 bits per heavy atom. The summed E-state index contributed by atoms with van der Waals surface area (Å²) in [5.74, 6) is -1.74. The van der Waals surface area contributed by atoms with Crippen molar-refractivity contribution in [2.45, 2.75) is 25.7 Å². The number of rotatable bonds is 4. The molecule has 146 valence electrons. The first-order valence-electron chi connectivity index (χ1n) is 9.11. The smallest absolute Gasteiger partial charge is 0.374 e. The Bertz CT molecular complexity index is 1220. The van der Waals surface area contributed by atoms with E-state index in [2.05, 4.69) is 11.4 Å². The normalized spacial score (nSPS) is 12.8. The maximum Gasteiger partial charge on any atom is 0.374 e. The van der Waals surface area contributed by atoms with Gasteiger partial charge in [-0.2, -0.15) is 5.26 Å². The van der Waals surface area contributed by atoms with Gasteiger partial charge in [-0.15, -0.1) is 11.3 Å². The van der Waals surface area contributed by atoms with Crippen molar-refractivity contribution in [1.29, 1.82) is 5.26 Å². The molecule has 4 rings (SSSR count). The molecule has 0 saturated carbocycles. The van der Waals surface area contributed by atoms with Crippen molar-refractivity contribution < 1.29 is 18.7 Å². The number of nitrogens with one attached hydrogen (secondary N) is 1. The van der Waals surface area contributed by atoms with E-state index < -0.39 is 18.5 Å². The second kappa shape index (κ2) is 7.89. The third-order valence-corrected chi connectivity index (χ3v) is 5.91. The highest BCUT2D eigenvalue weighted by Crippen LogP contribution is 2.37. The number of carbonyl (C=O) groups excluding carboxylic acids is 2. The zero-order valence-corrected chi connectivity index (χ0v) is 16.1. The molecule has 29 heavy (non-hydrogen) atoms. The molecule has 0 atom stereocenters. The highest BCUT2D eigenvalue weighted by Gasteiger charge is 2.22. The second-order valence-corrected chi connectivity index (χ2v) is 7.73. The molecule has 0 unspecified atom stereocenters. The lowest BCUT2D eigenvalue weighted by molar-refractivity contribution is -0.119. The van der Waals surface area contributed by atoms with Crippen molar-refractivity contribution in [3.63, 3.8) is 0 Å². The van der Waals surface area contributed by atoms with Crippen LogP contribution in [0.1, 0.15) is 39.4 Å². The fraction of sp³-hybridized carbons (Fsp3) is 0.238. The van der Waals surface area contributed by atoms with Crippen LogP contribution in [0.25, 0.3) is 11.0 Å². The number of nitrogens with zero attached hydrogens (tertiary/aromatic N) is 1. The second-order valence-electron chi connectivity index (χ2n) is 6.62. The van der Waals surface area contributed by atoms with Gasteiger partial charge in [0, 0.05) is 10.9 Å². The molecule has 0 bridgehead atoms. The highest BCUT2D eigenvalue weighted by atomic mass is 32.1. The topological polar surface area (TPSA) is 109 Å². The molecule has 8 heteroatoms. The first-order valence-corrected chi connectivity index (χ1v) is 9.93. The summed E-state index contributed by atoms with van der Waals surface area (Å²) < 4.78 is 10.4. The molecule has 1 aromatic carbocycles. The van der Waals surface area contributed by atoms with Crippen LogP contribution < -0.4 is 10.7 Å². The van der Waals surface area contributed by atoms with E-state index in [4.69, 9.17) is 9.15 Å². The van der Waals surface area contributed by atoms with Crippen LogP contribution in [0, 0.1) is 11.3 Å². The van der Waals surface area contributed by atoms with E-state index in [9.17, 15) is 19.6 Å². The molecule has 0 saturated heterocycles. The van der Waals surface area contributed by atoms with Gasteiger partial charge in [-0.05, 0) is 43.4 Å². The Morgan fingerprint density at radius 3 is 2.86 bits per heavy atom. The predicted octanol–water partition coefficient (Wildman–Crippen LogP) is 3.40. The lowest BCUT2D eigenvalue weighted by Gasteiger charge is -2.09. The van der Waals surface area contributed by atoms with E-state index in [1.807, 2.05) is 0 Å². The Hall–Kier alpha value is -3.44. The number of hydrogen-bond acceptors (Lipinski definition) is 7. The van der Waals surface area contributed by atoms with Crippen molar-refractivity contribution in [2.75, 3.05) is 11.9 Å². The van der Waals surface area contributed by atoms with E-state index in [1.54, 1.807) is 24.3 Å². The largest absolute Gasteiger partial charge is 0.450 e. The maximum atomic E-state index is 12.2. The number of amides is 1. The van der Waals surface area contributed by atoms with Crippen LogP contribution in [0.5, 0.6) is 0 Å². The monoisotopic (exact) mass is 408 g/mol. The molecule has 3 aromatic rings. The average molecular weight is 408 g/mol. The van der Waals surface area contributed by atoms with Gasteiger partial charge in [0.1, 0.15) is 16.7 Å². The molecule has 0 fully saturated rings. The van der Waals surface area contributed by atoms with Gasteiger partial charge < -0.3 is 14.5 Å². The van der Waals surface area contributed by atoms with Crippen molar-refractivity contribution in [1.82, 2.24) is 0 Å². The summed E-state index contributed by atoms with van der Waals surface area (Å²) in [6.45, 7) is -0.553. The van der Waals surface area contributed by atoms with E-state index in [0.717, 1.165) is 42.2 Å². The third kappa shape index (κ3) is 3.77. The standard InChI is InChI=1S/C21H16N2O5S/c22-10-14-12-5-2-4-8-18(12)29-20(14)23-19(25)11-27-21(26)17-9-15(24)13-6-1-3-7-16(13)28-17/h1,3,6-7,9H,2,4-5,8,11H2,(H,23,25). The Kier molecular flexibility index (Phi) is 5.14. The van der Waals surface area contributed by atoms with Crippen molar-refractivity contribution in [2.24, 2.45) is 0 Å². The van der Waals surface area contributed by atoms with Gasteiger partial charge in [0.05, 0.1) is 10.9 Å². The van der Waals surface area contributed by atoms with Crippen molar-refractivity contribution in [3.05, 3.63) is 62.3 Å². The third-order valence-electron chi connectivity index (χ3n) is 4.71. The maximum absolute atomic E-state index is 12.2. The summed E-state index contributed by atoms with van der Waals surface area (Å²) in [6, 6.07) is 9.75. The average Bonchev–Trinajstić information content (AvgIpc) is 3.08. The van der Waals surface area contributed by atoms with Crippen LogP contribution in [-0.2, 0) is 22.4 Å². The number of fused-ring (bicyclic) bond motifs is 2. The molecule has 1 N–H and O–H groups in total. The minimum absolute atomic E-state index is 0.263. The lowest BCUT2D eigenvalue weighted by atomic mass is 9.96. The van der Waals surface area contributed by atoms with Gasteiger partial charge in [-0.3, -0.25) is 9.59 Å². The highest BCUT2D eigenvalue weighted by molar-refractivity contribution is 7.16. The SMILES string of the molecule is N#Cc1c(NC(=O)COC(=O)c2cc(=O)c3ccccc3o2)sc2c1CCCC2. The molecule has 2 heterocycles. The summed E-state index contributed by atoms with van der Waals surface area (Å²) in [7, 11) is 0. The summed E-state index contributed by atoms with van der Waals surface area (Å²) in [5.41, 5.74) is 1.39. The van der Waals surface area contributed by atoms with Gasteiger partial charge in [0.2, 0.25) is 5.76 Å². The fourth-order valence-electron chi connectivity index (χ4n) is 3.34. The summed E-state index contributed by atoms with van der Waals surface area (Å²) in [4.78, 5) is 37.6. The predicted molar refractivity (Wildman–Crippen MR) is 107 cm³/mol. The molecule has 0 aliphatic heterocycles. The number of aryl methyl sites for hydroxylation is 1. The van der Waals surface area contributed by atoms with E-state index in [1.165, 1.54) is 11.3 Å². The van der Waals surface area contributed by atoms with E-state index >= 15 is 0 Å². The summed E-state index contributed by atoms with van der Waals surface area (Å²) in [5, 5.41) is 12.9. The summed E-state index contributed by atoms with van der Waals surface area (Å²) in [6.07, 6.45) is 3.84. The minimum Gasteiger partial charge on any atom is -0.450 e. The molecule has 0 radical (unpaired) electrons. The van der Waals surface area contributed by atoms with Crippen molar-refractivity contribution >= 4 is 39.2 Å². The number of thiophene rings is 1. The van der Waals surface area contributed by atoms with Crippen LogP contribution in [0.2, 0.25) is 0 Å². The first-order chi connectivity index (χ1) is 14.1. The number of para-hydroxylation sites is 1. The van der Waals surface area contributed by atoms with Gasteiger partial charge in [0.15, 0.2) is 12.0 Å². The van der Waals surface area contributed by atoms with E-state index in [-0.39, 0.29) is 16.8 Å². The number of carbonyl (C=O) groups is 2. The summed E-state index contributed by atoms with van der Waals surface area (Å²) >= 11 is 1.39. The molecule has 7 nitrogen and oxygen atoms in total. The molecule has 2 aromatic heterocycles. The molecule has 0 spiro atoms. The zero-order chi connectivity index (χ0) is 20.4. The number of benzene rings is 1. The Labute approximate surface area is 169 Å². The minimum atomic E-state index is -0.908. The van der Waals surface area contributed by atoms with Gasteiger partial charge in [-0.1, -0.05) is 12.1 Å². The van der Waals surface area contributed by atoms with Crippen LogP contribution in [0.15, 0.2) is 39.5 Å². The molecule has 1 aliphatic carbocycles. The quantitative estimate of drug-likeness (QED) is 0.663. The Balaban J connectivity index is 1.44. The zero-order valence-electron chi connectivity index (χ0n) is 15.3. The number of ether oxygens (including phenoxy) is 1. The van der Waals surface area contributed by atoms with Crippen LogP contribution in [0.4, 0.5) is 5.00 Å². The van der Waals surface area contributed by atoms with Crippen molar-refractivity contribution in [3.8, 4) is 6.07 Å². The molecule has 1 amide bonds. The fourth-order valence-corrected chi connectivity index (χ4v) is 4.60. The number of anilines is 1. The van der Waals surface area contributed by atoms with Crippen LogP contribution in [0.3, 0.4) is 0 Å². The van der Waals surface area contributed by atoms with Crippen LogP contribution in [-0.4, -0.2) is 18.5 Å². The van der Waals surface area contributed by atoms with Crippen LogP contribution >= 0.6 is 11.3 Å². The van der Waals surface area contributed by atoms with Gasteiger partial charge in [-0.25, -0.2) is 4.79 Å². The lowest BCUT2D eigenvalue weighted by Crippen LogP contribution is -2.21. The van der Waals surface area contributed by atoms with Gasteiger partial charge >= 0.3 is 5.97 Å². The first kappa shape index (κ1) is 18.9. The molecule has 1 aliphatic rings. The number of nitriles is 1. The molecular weight excluding hydrogens is 392 g/mol. The van der Waals surface area contributed by atoms with E-state index in [0.29, 0.717) is 16.0 Å². The molecular formula is C21H16N2O5S. The Morgan fingerprint density at radius 1 is 1.24 bits per heavy atom. The number of esters is 1. The number of hydrogen-bond donors (Lipinski definition) is 1. The van der Waals surface area contributed by atoms with Gasteiger partial charge in [0.25, 0.3) is 5.91 Å².